The second-order valence-corrected chi connectivity index (χ2v) is 5.74. The van der Waals surface area contributed by atoms with Gasteiger partial charge >= 0.3 is 42.0 Å². The number of carbonyl (C=O) groups is 1. The SMILES string of the molecule is CC(Cl)CC(=O)OCC(F)(F)C(F)(F)C(F)(F)C(F)(F)C(F)(F)C(F)F. The maximum Gasteiger partial charge on any atom is 0.384 e. The minimum atomic E-state index is -7.64. The van der Waals surface area contributed by atoms with E-state index in [9.17, 15) is 57.5 Å². The largest absolute Gasteiger partial charge is 0.459 e. The Morgan fingerprint density at radius 2 is 1.31 bits per heavy atom. The van der Waals surface area contributed by atoms with Crippen LogP contribution >= 0.6 is 11.6 Å². The summed E-state index contributed by atoms with van der Waals surface area (Å²) in [6.45, 7) is -1.81. The normalized spacial score (nSPS) is 16.0. The van der Waals surface area contributed by atoms with Gasteiger partial charge < -0.3 is 4.74 Å². The van der Waals surface area contributed by atoms with Gasteiger partial charge in [0.15, 0.2) is 6.61 Å². The molecule has 0 aromatic heterocycles. The zero-order chi connectivity index (χ0) is 21.4. The molecule has 0 aliphatic carbocycles. The van der Waals surface area contributed by atoms with Crippen molar-refractivity contribution in [2.45, 2.75) is 54.8 Å². The Morgan fingerprint density at radius 3 is 1.65 bits per heavy atom. The highest BCUT2D eigenvalue weighted by atomic mass is 35.5. The van der Waals surface area contributed by atoms with Crippen LogP contribution in [0.1, 0.15) is 13.3 Å². The van der Waals surface area contributed by atoms with E-state index in [1.54, 1.807) is 0 Å². The Labute approximate surface area is 142 Å². The third kappa shape index (κ3) is 4.25. The molecule has 0 aromatic carbocycles. The predicted octanol–water partition coefficient (Wildman–Crippen LogP) is 4.99. The van der Waals surface area contributed by atoms with Crippen molar-refractivity contribution >= 4 is 17.6 Å². The zero-order valence-corrected chi connectivity index (χ0v) is 13.1. The molecule has 2 nitrogen and oxygen atoms in total. The summed E-state index contributed by atoms with van der Waals surface area (Å²) in [6.07, 6.45) is -6.45. The van der Waals surface area contributed by atoms with Crippen LogP contribution in [0.25, 0.3) is 0 Å². The smallest absolute Gasteiger partial charge is 0.384 e. The van der Waals surface area contributed by atoms with Gasteiger partial charge in [-0.3, -0.25) is 4.79 Å². The molecule has 0 bridgehead atoms. The van der Waals surface area contributed by atoms with Crippen molar-refractivity contribution in [3.63, 3.8) is 0 Å². The molecular formula is C11H9ClF12O2. The van der Waals surface area contributed by atoms with Crippen molar-refractivity contribution in [3.8, 4) is 0 Å². The average Bonchev–Trinajstić information content (AvgIpc) is 2.43. The van der Waals surface area contributed by atoms with E-state index >= 15 is 0 Å². The molecule has 0 aliphatic rings. The fourth-order valence-electron chi connectivity index (χ4n) is 1.32. The van der Waals surface area contributed by atoms with Gasteiger partial charge in [0.05, 0.1) is 6.42 Å². The van der Waals surface area contributed by atoms with Crippen LogP contribution in [0.2, 0.25) is 0 Å². The summed E-state index contributed by atoms with van der Waals surface area (Å²) in [5, 5.41) is -1.08. The first-order chi connectivity index (χ1) is 11.3. The molecule has 0 N–H and O–H groups in total. The number of esters is 1. The summed E-state index contributed by atoms with van der Waals surface area (Å²) < 4.78 is 157. The lowest BCUT2D eigenvalue weighted by Gasteiger charge is -2.38. The highest BCUT2D eigenvalue weighted by molar-refractivity contribution is 6.21. The van der Waals surface area contributed by atoms with E-state index in [1.165, 1.54) is 0 Å². The quantitative estimate of drug-likeness (QED) is 0.289. The highest BCUT2D eigenvalue weighted by Crippen LogP contribution is 2.58. The van der Waals surface area contributed by atoms with Crippen LogP contribution in [0.3, 0.4) is 0 Å². The van der Waals surface area contributed by atoms with Crippen LogP contribution in [-0.4, -0.2) is 54.0 Å². The van der Waals surface area contributed by atoms with Crippen molar-refractivity contribution in [1.82, 2.24) is 0 Å². The highest BCUT2D eigenvalue weighted by Gasteiger charge is 2.87. The molecule has 0 aliphatic heterocycles. The summed E-state index contributed by atoms with van der Waals surface area (Å²) in [7, 11) is 0. The van der Waals surface area contributed by atoms with E-state index in [0.29, 0.717) is 0 Å². The molecule has 0 aromatic rings. The van der Waals surface area contributed by atoms with Gasteiger partial charge in [0, 0.05) is 5.38 Å². The lowest BCUT2D eigenvalue weighted by Crippen LogP contribution is -2.69. The summed E-state index contributed by atoms with van der Waals surface area (Å²) in [4.78, 5) is 10.9. The Balaban J connectivity index is 5.70. The van der Waals surface area contributed by atoms with Gasteiger partial charge in [0.25, 0.3) is 0 Å². The van der Waals surface area contributed by atoms with Crippen LogP contribution in [-0.2, 0) is 9.53 Å². The lowest BCUT2D eigenvalue weighted by molar-refractivity contribution is -0.414. The molecule has 0 saturated heterocycles. The fraction of sp³-hybridized carbons (Fsp3) is 0.909. The van der Waals surface area contributed by atoms with Crippen molar-refractivity contribution in [2.75, 3.05) is 6.61 Å². The van der Waals surface area contributed by atoms with Crippen molar-refractivity contribution in [2.24, 2.45) is 0 Å². The van der Waals surface area contributed by atoms with Gasteiger partial charge in [-0.2, -0.15) is 43.9 Å². The number of hydrogen-bond donors (Lipinski definition) is 0. The third-order valence-electron chi connectivity index (χ3n) is 2.80. The van der Waals surface area contributed by atoms with Crippen molar-refractivity contribution < 1.29 is 62.2 Å². The molecule has 1 atom stereocenters. The average molecular weight is 437 g/mol. The van der Waals surface area contributed by atoms with Gasteiger partial charge in [-0.1, -0.05) is 0 Å². The van der Waals surface area contributed by atoms with E-state index in [2.05, 4.69) is 4.74 Å². The van der Waals surface area contributed by atoms with E-state index in [1.807, 2.05) is 0 Å². The first-order valence-electron chi connectivity index (χ1n) is 6.22. The lowest BCUT2D eigenvalue weighted by atomic mass is 9.94. The molecule has 0 heterocycles. The van der Waals surface area contributed by atoms with E-state index in [4.69, 9.17) is 11.6 Å². The van der Waals surface area contributed by atoms with Crippen LogP contribution < -0.4 is 0 Å². The van der Waals surface area contributed by atoms with Gasteiger partial charge in [-0.25, -0.2) is 8.78 Å². The number of alkyl halides is 13. The maximum absolute atomic E-state index is 13.2. The van der Waals surface area contributed by atoms with Crippen LogP contribution in [0.5, 0.6) is 0 Å². The van der Waals surface area contributed by atoms with E-state index < -0.39 is 60.4 Å². The van der Waals surface area contributed by atoms with Gasteiger partial charge in [0.2, 0.25) is 0 Å². The summed E-state index contributed by atoms with van der Waals surface area (Å²) in [5.41, 5.74) is 0. The van der Waals surface area contributed by atoms with Gasteiger partial charge in [0.1, 0.15) is 0 Å². The molecule has 0 rings (SSSR count). The zero-order valence-electron chi connectivity index (χ0n) is 12.3. The minimum Gasteiger partial charge on any atom is -0.459 e. The van der Waals surface area contributed by atoms with Gasteiger partial charge in [-0.05, 0) is 6.92 Å². The first-order valence-corrected chi connectivity index (χ1v) is 6.66. The monoisotopic (exact) mass is 436 g/mol. The standard InChI is InChI=1S/C11H9ClF12O2/c1-4(12)2-5(25)26-3-7(15,16)9(19,20)11(23,24)10(21,22)8(17,18)6(13)14/h4,6H,2-3H2,1H3. The number of rotatable bonds is 9. The minimum absolute atomic E-state index is 0.876. The molecule has 156 valence electrons. The number of carbonyl (C=O) groups excluding carboxylic acids is 1. The van der Waals surface area contributed by atoms with Crippen molar-refractivity contribution in [3.05, 3.63) is 0 Å². The van der Waals surface area contributed by atoms with Crippen LogP contribution in [0.4, 0.5) is 52.7 Å². The Hall–Kier alpha value is -1.08. The second kappa shape index (κ2) is 7.50. The molecule has 26 heavy (non-hydrogen) atoms. The van der Waals surface area contributed by atoms with Crippen molar-refractivity contribution in [1.29, 1.82) is 0 Å². The molecule has 0 amide bonds. The number of ether oxygens (including phenoxy) is 1. The third-order valence-corrected chi connectivity index (χ3v) is 2.96. The molecule has 0 spiro atoms. The Kier molecular flexibility index (Phi) is 7.19. The van der Waals surface area contributed by atoms with E-state index in [0.717, 1.165) is 6.92 Å². The maximum atomic E-state index is 13.2. The summed E-state index contributed by atoms with van der Waals surface area (Å²) in [6, 6.07) is 0. The number of hydrogen-bond acceptors (Lipinski definition) is 2. The number of halogens is 13. The fourth-order valence-corrected chi connectivity index (χ4v) is 1.45. The Morgan fingerprint density at radius 1 is 0.885 bits per heavy atom. The second-order valence-electron chi connectivity index (χ2n) is 5.00. The Bertz CT molecular complexity index is 505. The summed E-state index contributed by atoms with van der Waals surface area (Å²) >= 11 is 5.21. The molecular weight excluding hydrogens is 428 g/mol. The van der Waals surface area contributed by atoms with Crippen LogP contribution in [0, 0.1) is 0 Å². The topological polar surface area (TPSA) is 26.3 Å². The molecule has 0 saturated carbocycles. The predicted molar refractivity (Wildman–Crippen MR) is 61.6 cm³/mol. The van der Waals surface area contributed by atoms with Gasteiger partial charge in [-0.15, -0.1) is 11.6 Å². The molecule has 0 fully saturated rings. The molecule has 15 heteroatoms. The van der Waals surface area contributed by atoms with E-state index in [-0.39, 0.29) is 0 Å². The first kappa shape index (κ1) is 24.9. The molecule has 1 unspecified atom stereocenters. The summed E-state index contributed by atoms with van der Waals surface area (Å²) in [5.74, 6) is -37.6. The molecule has 0 radical (unpaired) electrons. The van der Waals surface area contributed by atoms with Crippen LogP contribution in [0.15, 0.2) is 0 Å².